The van der Waals surface area contributed by atoms with E-state index >= 15 is 0 Å². The van der Waals surface area contributed by atoms with Gasteiger partial charge in [0.2, 0.25) is 0 Å². The molecule has 0 radical (unpaired) electrons. The summed E-state index contributed by atoms with van der Waals surface area (Å²) in [6.45, 7) is 9.60. The Morgan fingerprint density at radius 2 is 1.97 bits per heavy atom. The zero-order valence-corrected chi connectivity index (χ0v) is 20.0. The molecule has 33 heavy (non-hydrogen) atoms. The average Bonchev–Trinajstić information content (AvgIpc) is 3.21. The van der Waals surface area contributed by atoms with Gasteiger partial charge < -0.3 is 18.9 Å². The van der Waals surface area contributed by atoms with Gasteiger partial charge in [0.25, 0.3) is 0 Å². The highest BCUT2D eigenvalue weighted by Gasteiger charge is 2.27. The minimum atomic E-state index is -0.455. The van der Waals surface area contributed by atoms with Crippen LogP contribution in [0.15, 0.2) is 41.1 Å². The molecular weight excluding hydrogens is 418 g/mol. The Morgan fingerprint density at radius 1 is 1.18 bits per heavy atom. The van der Waals surface area contributed by atoms with Gasteiger partial charge in [-0.2, -0.15) is 0 Å². The maximum absolute atomic E-state index is 12.3. The summed E-state index contributed by atoms with van der Waals surface area (Å²) in [6, 6.07) is 9.80. The van der Waals surface area contributed by atoms with E-state index in [1.165, 1.54) is 0 Å². The molecule has 1 saturated heterocycles. The lowest BCUT2D eigenvalue weighted by atomic mass is 9.91. The number of aryl methyl sites for hydroxylation is 2. The SMILES string of the molecule is Cc1c(OCc2ccccn2)ccc2c(CCC3CCN(C(=O)OC(C)(C)C)CC3)noc12. The van der Waals surface area contributed by atoms with Crippen LogP contribution < -0.4 is 4.74 Å². The molecule has 0 unspecified atom stereocenters. The van der Waals surface area contributed by atoms with Gasteiger partial charge in [0.05, 0.1) is 11.4 Å². The van der Waals surface area contributed by atoms with Gasteiger partial charge in [-0.1, -0.05) is 11.2 Å². The van der Waals surface area contributed by atoms with Crippen molar-refractivity contribution in [2.45, 2.75) is 65.6 Å². The summed E-state index contributed by atoms with van der Waals surface area (Å²) in [4.78, 5) is 18.4. The van der Waals surface area contributed by atoms with E-state index in [2.05, 4.69) is 10.1 Å². The number of carbonyl (C=O) groups excluding carboxylic acids is 1. The molecule has 0 N–H and O–H groups in total. The van der Waals surface area contributed by atoms with Crippen LogP contribution in [0.2, 0.25) is 0 Å². The van der Waals surface area contributed by atoms with Gasteiger partial charge in [-0.25, -0.2) is 4.79 Å². The molecule has 3 heterocycles. The summed E-state index contributed by atoms with van der Waals surface area (Å²) in [5.41, 5.74) is 3.15. The molecule has 0 atom stereocenters. The fourth-order valence-corrected chi connectivity index (χ4v) is 4.21. The topological polar surface area (TPSA) is 77.7 Å². The fourth-order valence-electron chi connectivity index (χ4n) is 4.21. The summed E-state index contributed by atoms with van der Waals surface area (Å²) in [5.74, 6) is 1.35. The van der Waals surface area contributed by atoms with E-state index in [0.29, 0.717) is 12.5 Å². The molecular formula is C26H33N3O4. The Morgan fingerprint density at radius 3 is 2.67 bits per heavy atom. The molecule has 4 rings (SSSR count). The van der Waals surface area contributed by atoms with Gasteiger partial charge in [0, 0.05) is 30.2 Å². The molecule has 1 aliphatic heterocycles. The lowest BCUT2D eigenvalue weighted by Gasteiger charge is -2.33. The molecule has 1 aliphatic rings. The molecule has 0 spiro atoms. The molecule has 176 valence electrons. The predicted molar refractivity (Wildman–Crippen MR) is 126 cm³/mol. The average molecular weight is 452 g/mol. The van der Waals surface area contributed by atoms with Gasteiger partial charge in [0.15, 0.2) is 5.58 Å². The van der Waals surface area contributed by atoms with Crippen molar-refractivity contribution >= 4 is 17.1 Å². The van der Waals surface area contributed by atoms with Crippen molar-refractivity contribution in [2.24, 2.45) is 5.92 Å². The van der Waals surface area contributed by atoms with Gasteiger partial charge in [-0.3, -0.25) is 4.98 Å². The van der Waals surface area contributed by atoms with Crippen LogP contribution >= 0.6 is 0 Å². The minimum absolute atomic E-state index is 0.208. The standard InChI is InChI=1S/C26H33N3O4/c1-18-23(31-17-20-7-5-6-14-27-20)11-9-21-22(28-33-24(18)21)10-8-19-12-15-29(16-13-19)25(30)32-26(2,3)4/h5-7,9,11,14,19H,8,10,12-13,15-17H2,1-4H3. The Bertz CT molecular complexity index is 1080. The van der Waals surface area contributed by atoms with Crippen LogP contribution in [-0.4, -0.2) is 39.8 Å². The summed E-state index contributed by atoms with van der Waals surface area (Å²) < 4.78 is 17.1. The van der Waals surface area contributed by atoms with Crippen LogP contribution in [0.25, 0.3) is 11.0 Å². The molecule has 1 aromatic carbocycles. The monoisotopic (exact) mass is 451 g/mol. The van der Waals surface area contributed by atoms with Gasteiger partial charge in [-0.05, 0) is 83.6 Å². The Kier molecular flexibility index (Phi) is 6.86. The van der Waals surface area contributed by atoms with E-state index in [4.69, 9.17) is 14.0 Å². The molecule has 0 aliphatic carbocycles. The number of hydrogen-bond donors (Lipinski definition) is 0. The zero-order valence-electron chi connectivity index (χ0n) is 20.0. The lowest BCUT2D eigenvalue weighted by molar-refractivity contribution is 0.0181. The molecule has 1 amide bonds. The maximum Gasteiger partial charge on any atom is 0.410 e. The van der Waals surface area contributed by atoms with Crippen LogP contribution in [0.4, 0.5) is 4.79 Å². The third kappa shape index (κ3) is 5.83. The largest absolute Gasteiger partial charge is 0.487 e. The van der Waals surface area contributed by atoms with E-state index < -0.39 is 5.60 Å². The quantitative estimate of drug-likeness (QED) is 0.479. The van der Waals surface area contributed by atoms with E-state index in [-0.39, 0.29) is 6.09 Å². The van der Waals surface area contributed by atoms with Crippen LogP contribution in [0.1, 0.15) is 57.0 Å². The van der Waals surface area contributed by atoms with E-state index in [0.717, 1.165) is 72.4 Å². The highest BCUT2D eigenvalue weighted by molar-refractivity contribution is 5.84. The van der Waals surface area contributed by atoms with Crippen LogP contribution in [-0.2, 0) is 17.8 Å². The zero-order chi connectivity index (χ0) is 23.4. The number of nitrogens with zero attached hydrogens (tertiary/aromatic N) is 3. The smallest absolute Gasteiger partial charge is 0.410 e. The summed E-state index contributed by atoms with van der Waals surface area (Å²) in [5, 5.41) is 5.40. The molecule has 2 aromatic heterocycles. The number of likely N-dealkylation sites (tertiary alicyclic amines) is 1. The highest BCUT2D eigenvalue weighted by atomic mass is 16.6. The van der Waals surface area contributed by atoms with Gasteiger partial charge in [0.1, 0.15) is 18.0 Å². The number of rotatable bonds is 6. The third-order valence-corrected chi connectivity index (χ3v) is 6.07. The number of benzene rings is 1. The summed E-state index contributed by atoms with van der Waals surface area (Å²) >= 11 is 0. The Labute approximate surface area is 195 Å². The van der Waals surface area contributed by atoms with E-state index in [9.17, 15) is 4.79 Å². The number of piperidine rings is 1. The van der Waals surface area contributed by atoms with E-state index in [1.807, 2.05) is 62.9 Å². The van der Waals surface area contributed by atoms with Crippen molar-refractivity contribution in [2.75, 3.05) is 13.1 Å². The van der Waals surface area contributed by atoms with Crippen LogP contribution in [0.3, 0.4) is 0 Å². The van der Waals surface area contributed by atoms with Crippen LogP contribution in [0, 0.1) is 12.8 Å². The summed E-state index contributed by atoms with van der Waals surface area (Å²) in [7, 11) is 0. The van der Waals surface area contributed by atoms with Crippen molar-refractivity contribution in [3.05, 3.63) is 53.5 Å². The Hall–Kier alpha value is -3.09. The number of ether oxygens (including phenoxy) is 2. The Balaban J connectivity index is 1.32. The van der Waals surface area contributed by atoms with Crippen LogP contribution in [0.5, 0.6) is 5.75 Å². The summed E-state index contributed by atoms with van der Waals surface area (Å²) in [6.07, 6.45) is 5.41. The van der Waals surface area contributed by atoms with Crippen molar-refractivity contribution < 1.29 is 18.8 Å². The fraction of sp³-hybridized carbons (Fsp3) is 0.500. The molecule has 7 heteroatoms. The number of carbonyl (C=O) groups is 1. The van der Waals surface area contributed by atoms with Gasteiger partial charge >= 0.3 is 6.09 Å². The molecule has 3 aromatic rings. The third-order valence-electron chi connectivity index (χ3n) is 6.07. The molecule has 0 saturated carbocycles. The first-order valence-electron chi connectivity index (χ1n) is 11.7. The number of fused-ring (bicyclic) bond motifs is 1. The van der Waals surface area contributed by atoms with Crippen molar-refractivity contribution in [3.8, 4) is 5.75 Å². The van der Waals surface area contributed by atoms with Crippen molar-refractivity contribution in [3.63, 3.8) is 0 Å². The second-order valence-electron chi connectivity index (χ2n) is 9.75. The van der Waals surface area contributed by atoms with E-state index in [1.54, 1.807) is 6.20 Å². The molecule has 1 fully saturated rings. The van der Waals surface area contributed by atoms with Crippen molar-refractivity contribution in [1.29, 1.82) is 0 Å². The first-order valence-corrected chi connectivity index (χ1v) is 11.7. The highest BCUT2D eigenvalue weighted by Crippen LogP contribution is 2.31. The molecule has 7 nitrogen and oxygen atoms in total. The number of aromatic nitrogens is 2. The minimum Gasteiger partial charge on any atom is -0.487 e. The number of hydrogen-bond acceptors (Lipinski definition) is 6. The normalized spacial score (nSPS) is 15.1. The molecule has 0 bridgehead atoms. The number of amides is 1. The first-order chi connectivity index (χ1) is 15.8. The second-order valence-corrected chi connectivity index (χ2v) is 9.75. The number of pyridine rings is 1. The van der Waals surface area contributed by atoms with Gasteiger partial charge in [-0.15, -0.1) is 0 Å². The first kappa shape index (κ1) is 23.1. The second kappa shape index (κ2) is 9.81. The van der Waals surface area contributed by atoms with Crippen molar-refractivity contribution in [1.82, 2.24) is 15.0 Å². The predicted octanol–water partition coefficient (Wildman–Crippen LogP) is 5.69. The maximum atomic E-state index is 12.3. The lowest BCUT2D eigenvalue weighted by Crippen LogP contribution is -2.41.